The molecular formula is C11H17N3O2. The van der Waals surface area contributed by atoms with Crippen LogP contribution >= 0.6 is 0 Å². The molecule has 0 aliphatic carbocycles. The number of carbonyl (C=O) groups is 1. The molecule has 1 aromatic rings. The Morgan fingerprint density at radius 2 is 1.88 bits per heavy atom. The van der Waals surface area contributed by atoms with Crippen LogP contribution in [0.5, 0.6) is 0 Å². The Bertz CT molecular complexity index is 325. The summed E-state index contributed by atoms with van der Waals surface area (Å²) in [5, 5.41) is 10.5. The molecule has 0 saturated carbocycles. The normalized spacial score (nSPS) is 23.3. The van der Waals surface area contributed by atoms with Crippen molar-refractivity contribution in [1.29, 1.82) is 0 Å². The van der Waals surface area contributed by atoms with E-state index in [0.29, 0.717) is 5.92 Å². The highest BCUT2D eigenvalue weighted by molar-refractivity contribution is 5.61. The summed E-state index contributed by atoms with van der Waals surface area (Å²) in [5.74, 6) is 0.506. The van der Waals surface area contributed by atoms with Gasteiger partial charge in [-0.15, -0.1) is 0 Å². The molecule has 6 N–H and O–H groups in total. The molecule has 2 rings (SSSR count). The molecule has 5 nitrogen and oxygen atoms in total. The Morgan fingerprint density at radius 3 is 2.31 bits per heavy atom. The summed E-state index contributed by atoms with van der Waals surface area (Å²) in [7, 11) is 0. The number of primary amides is 1. The lowest BCUT2D eigenvalue weighted by Crippen LogP contribution is -2.27. The van der Waals surface area contributed by atoms with Crippen LogP contribution in [0.2, 0.25) is 0 Å². The largest absolute Gasteiger partial charge is 0.465 e. The summed E-state index contributed by atoms with van der Waals surface area (Å²) in [5.41, 5.74) is 11.3. The minimum atomic E-state index is -1.33. The molecule has 0 aromatic heterocycles. The highest BCUT2D eigenvalue weighted by Crippen LogP contribution is 2.20. The van der Waals surface area contributed by atoms with Gasteiger partial charge in [0.2, 0.25) is 0 Å². The number of nitrogens with two attached hydrogens (primary N) is 2. The summed E-state index contributed by atoms with van der Waals surface area (Å²) >= 11 is 0. The molecule has 1 aliphatic rings. The fourth-order valence-electron chi connectivity index (χ4n) is 1.76. The van der Waals surface area contributed by atoms with Crippen molar-refractivity contribution in [3.63, 3.8) is 0 Å². The lowest BCUT2D eigenvalue weighted by molar-refractivity contribution is 0.205. The standard InChI is InChI=1S/C10H14N2.CH3NO2/c11-10-7-12-6-9(10)8-4-2-1-3-5-8;2-1(3)4/h1-5,9-10,12H,6-7,11H2;2H2,(H,3,4). The van der Waals surface area contributed by atoms with E-state index in [1.54, 1.807) is 0 Å². The Kier molecular flexibility index (Phi) is 4.75. The smallest absolute Gasteiger partial charge is 0.402 e. The minimum Gasteiger partial charge on any atom is -0.465 e. The van der Waals surface area contributed by atoms with Crippen molar-refractivity contribution in [2.45, 2.75) is 12.0 Å². The van der Waals surface area contributed by atoms with Crippen LogP contribution in [-0.2, 0) is 0 Å². The molecule has 0 spiro atoms. The molecule has 2 atom stereocenters. The fourth-order valence-corrected chi connectivity index (χ4v) is 1.76. The third-order valence-corrected chi connectivity index (χ3v) is 2.49. The number of rotatable bonds is 1. The number of hydrogen-bond donors (Lipinski definition) is 4. The molecule has 5 heteroatoms. The number of nitrogens with one attached hydrogen (secondary N) is 1. The van der Waals surface area contributed by atoms with Crippen LogP contribution in [0.25, 0.3) is 0 Å². The molecule has 16 heavy (non-hydrogen) atoms. The van der Waals surface area contributed by atoms with Crippen LogP contribution in [0.15, 0.2) is 30.3 Å². The van der Waals surface area contributed by atoms with Gasteiger partial charge in [0.1, 0.15) is 0 Å². The van der Waals surface area contributed by atoms with Crippen LogP contribution in [0, 0.1) is 0 Å². The maximum atomic E-state index is 8.78. The van der Waals surface area contributed by atoms with Crippen LogP contribution in [0.1, 0.15) is 11.5 Å². The minimum absolute atomic E-state index is 0.285. The van der Waals surface area contributed by atoms with E-state index >= 15 is 0 Å². The second kappa shape index (κ2) is 6.09. The average Bonchev–Trinajstić information content (AvgIpc) is 2.65. The first-order chi connectivity index (χ1) is 7.61. The van der Waals surface area contributed by atoms with Crippen molar-refractivity contribution in [2.75, 3.05) is 13.1 Å². The van der Waals surface area contributed by atoms with Gasteiger partial charge in [-0.25, -0.2) is 4.79 Å². The van der Waals surface area contributed by atoms with Gasteiger partial charge in [0.15, 0.2) is 0 Å². The zero-order valence-corrected chi connectivity index (χ0v) is 8.97. The van der Waals surface area contributed by atoms with Crippen molar-refractivity contribution in [3.8, 4) is 0 Å². The lowest BCUT2D eigenvalue weighted by atomic mass is 9.95. The van der Waals surface area contributed by atoms with E-state index in [1.165, 1.54) is 5.56 Å². The molecule has 1 saturated heterocycles. The van der Waals surface area contributed by atoms with E-state index in [-0.39, 0.29) is 6.04 Å². The quantitative estimate of drug-likeness (QED) is 0.551. The van der Waals surface area contributed by atoms with E-state index in [0.717, 1.165) is 13.1 Å². The van der Waals surface area contributed by atoms with Crippen LogP contribution < -0.4 is 16.8 Å². The van der Waals surface area contributed by atoms with Gasteiger partial charge in [-0.05, 0) is 5.56 Å². The number of carboxylic acid groups (broad SMARTS) is 1. The first-order valence-electron chi connectivity index (χ1n) is 5.11. The number of amides is 1. The highest BCUT2D eigenvalue weighted by Gasteiger charge is 2.24. The average molecular weight is 223 g/mol. The van der Waals surface area contributed by atoms with Gasteiger partial charge in [-0.1, -0.05) is 30.3 Å². The van der Waals surface area contributed by atoms with Gasteiger partial charge >= 0.3 is 6.09 Å². The summed E-state index contributed by atoms with van der Waals surface area (Å²) in [4.78, 5) is 8.78. The topological polar surface area (TPSA) is 101 Å². The molecule has 1 aromatic carbocycles. The van der Waals surface area contributed by atoms with Gasteiger partial charge in [0, 0.05) is 25.0 Å². The SMILES string of the molecule is NC(=O)O.NC1CNCC1c1ccccc1. The molecule has 0 bridgehead atoms. The summed E-state index contributed by atoms with van der Waals surface area (Å²) in [6.07, 6.45) is -1.33. The van der Waals surface area contributed by atoms with Crippen molar-refractivity contribution in [1.82, 2.24) is 5.32 Å². The molecular weight excluding hydrogens is 206 g/mol. The van der Waals surface area contributed by atoms with Crippen LogP contribution in [0.3, 0.4) is 0 Å². The maximum Gasteiger partial charge on any atom is 0.402 e. The Labute approximate surface area is 94.4 Å². The van der Waals surface area contributed by atoms with Gasteiger partial charge in [0.05, 0.1) is 0 Å². The van der Waals surface area contributed by atoms with Crippen LogP contribution in [-0.4, -0.2) is 30.3 Å². The predicted molar refractivity (Wildman–Crippen MR) is 62.2 cm³/mol. The van der Waals surface area contributed by atoms with E-state index in [2.05, 4.69) is 35.3 Å². The molecule has 0 radical (unpaired) electrons. The highest BCUT2D eigenvalue weighted by atomic mass is 16.4. The lowest BCUT2D eigenvalue weighted by Gasteiger charge is -2.13. The second-order valence-electron chi connectivity index (χ2n) is 3.68. The first-order valence-corrected chi connectivity index (χ1v) is 5.11. The molecule has 2 unspecified atom stereocenters. The van der Waals surface area contributed by atoms with E-state index < -0.39 is 6.09 Å². The third-order valence-electron chi connectivity index (χ3n) is 2.49. The molecule has 1 heterocycles. The van der Waals surface area contributed by atoms with E-state index in [1.807, 2.05) is 6.07 Å². The van der Waals surface area contributed by atoms with Crippen molar-refractivity contribution < 1.29 is 9.90 Å². The molecule has 1 fully saturated rings. The maximum absolute atomic E-state index is 8.78. The zero-order chi connectivity index (χ0) is 12.0. The Balaban J connectivity index is 0.000000280. The Morgan fingerprint density at radius 1 is 1.31 bits per heavy atom. The third kappa shape index (κ3) is 3.88. The monoisotopic (exact) mass is 223 g/mol. The fraction of sp³-hybridized carbons (Fsp3) is 0.364. The summed E-state index contributed by atoms with van der Waals surface area (Å²) < 4.78 is 0. The molecule has 88 valence electrons. The van der Waals surface area contributed by atoms with Crippen LogP contribution in [0.4, 0.5) is 4.79 Å². The van der Waals surface area contributed by atoms with Gasteiger partial charge in [-0.2, -0.15) is 0 Å². The second-order valence-corrected chi connectivity index (χ2v) is 3.68. The molecule has 1 aliphatic heterocycles. The predicted octanol–water partition coefficient (Wildman–Crippen LogP) is 0.324. The van der Waals surface area contributed by atoms with Crippen molar-refractivity contribution in [3.05, 3.63) is 35.9 Å². The van der Waals surface area contributed by atoms with E-state index in [4.69, 9.17) is 15.6 Å². The van der Waals surface area contributed by atoms with E-state index in [9.17, 15) is 0 Å². The summed E-state index contributed by atoms with van der Waals surface area (Å²) in [6, 6.07) is 10.8. The summed E-state index contributed by atoms with van der Waals surface area (Å²) in [6.45, 7) is 1.96. The van der Waals surface area contributed by atoms with Gasteiger partial charge in [-0.3, -0.25) is 0 Å². The number of benzene rings is 1. The van der Waals surface area contributed by atoms with Gasteiger partial charge < -0.3 is 21.9 Å². The Hall–Kier alpha value is -1.59. The zero-order valence-electron chi connectivity index (χ0n) is 8.97. The number of hydrogen-bond acceptors (Lipinski definition) is 3. The molecule has 1 amide bonds. The van der Waals surface area contributed by atoms with Crippen molar-refractivity contribution >= 4 is 6.09 Å². The van der Waals surface area contributed by atoms with Crippen molar-refractivity contribution in [2.24, 2.45) is 11.5 Å². The first kappa shape index (κ1) is 12.5. The van der Waals surface area contributed by atoms with Gasteiger partial charge in [0.25, 0.3) is 0 Å².